The van der Waals surface area contributed by atoms with Crippen LogP contribution in [-0.4, -0.2) is 28.7 Å². The van der Waals surface area contributed by atoms with Gasteiger partial charge in [0.15, 0.2) is 11.5 Å². The molecule has 26 heavy (non-hydrogen) atoms. The molecule has 2 aromatic carbocycles. The van der Waals surface area contributed by atoms with Crippen LogP contribution < -0.4 is 14.2 Å². The van der Waals surface area contributed by atoms with Crippen molar-refractivity contribution in [2.45, 2.75) is 30.2 Å². The number of hydrogen-bond acceptors (Lipinski definition) is 4. The second kappa shape index (κ2) is 6.85. The van der Waals surface area contributed by atoms with Crippen molar-refractivity contribution < 1.29 is 26.7 Å². The van der Waals surface area contributed by atoms with E-state index in [-0.39, 0.29) is 16.2 Å². The molecule has 0 radical (unpaired) electrons. The van der Waals surface area contributed by atoms with Gasteiger partial charge in [-0.05, 0) is 37.1 Å². The van der Waals surface area contributed by atoms with E-state index in [9.17, 15) is 17.2 Å². The standard InChI is InChI=1S/C18H19F2NO4S/c1-10-7-15(24-2)16(25-3)9-17(10)26(22,23)21-14-8-11(14)18-12(19)5-4-6-13(18)20/h4-7,9,11,14,21H,8H2,1-3H3/t11-,14+/m1/s1. The van der Waals surface area contributed by atoms with Crippen LogP contribution in [-0.2, 0) is 10.0 Å². The van der Waals surface area contributed by atoms with Crippen LogP contribution in [0.25, 0.3) is 0 Å². The Bertz CT molecular complexity index is 926. The first-order valence-electron chi connectivity index (χ1n) is 7.97. The highest BCUT2D eigenvalue weighted by Gasteiger charge is 2.44. The molecule has 0 bridgehead atoms. The van der Waals surface area contributed by atoms with Crippen LogP contribution in [0, 0.1) is 18.6 Å². The minimum atomic E-state index is -3.88. The van der Waals surface area contributed by atoms with Crippen molar-refractivity contribution >= 4 is 10.0 Å². The van der Waals surface area contributed by atoms with Gasteiger partial charge in [-0.1, -0.05) is 6.07 Å². The Balaban J connectivity index is 1.85. The van der Waals surface area contributed by atoms with Gasteiger partial charge in [-0.2, -0.15) is 0 Å². The highest BCUT2D eigenvalue weighted by molar-refractivity contribution is 7.89. The lowest BCUT2D eigenvalue weighted by atomic mass is 10.1. The molecule has 0 aromatic heterocycles. The summed E-state index contributed by atoms with van der Waals surface area (Å²) >= 11 is 0. The molecule has 5 nitrogen and oxygen atoms in total. The minimum absolute atomic E-state index is 0.0369. The Kier molecular flexibility index (Phi) is 4.90. The number of rotatable bonds is 6. The summed E-state index contributed by atoms with van der Waals surface area (Å²) in [5, 5.41) is 0. The van der Waals surface area contributed by atoms with Gasteiger partial charge in [0.1, 0.15) is 11.6 Å². The molecule has 0 spiro atoms. The van der Waals surface area contributed by atoms with Gasteiger partial charge in [0.2, 0.25) is 10.0 Å². The van der Waals surface area contributed by atoms with E-state index in [0.29, 0.717) is 17.7 Å². The molecule has 1 aliphatic carbocycles. The summed E-state index contributed by atoms with van der Waals surface area (Å²) in [4.78, 5) is 0.0369. The Morgan fingerprint density at radius 3 is 2.23 bits per heavy atom. The fraction of sp³-hybridized carbons (Fsp3) is 0.333. The van der Waals surface area contributed by atoms with Gasteiger partial charge in [0.25, 0.3) is 0 Å². The Labute approximate surface area is 151 Å². The molecule has 140 valence electrons. The van der Waals surface area contributed by atoms with Crippen molar-refractivity contribution in [1.29, 1.82) is 0 Å². The van der Waals surface area contributed by atoms with Gasteiger partial charge < -0.3 is 9.47 Å². The molecule has 3 rings (SSSR count). The van der Waals surface area contributed by atoms with Gasteiger partial charge in [0, 0.05) is 23.6 Å². The minimum Gasteiger partial charge on any atom is -0.493 e. The summed E-state index contributed by atoms with van der Waals surface area (Å²) in [5.74, 6) is -1.16. The number of nitrogens with one attached hydrogen (secondary N) is 1. The molecule has 2 aromatic rings. The van der Waals surface area contributed by atoms with Crippen LogP contribution >= 0.6 is 0 Å². The zero-order valence-corrected chi connectivity index (χ0v) is 15.4. The quantitative estimate of drug-likeness (QED) is 0.833. The highest BCUT2D eigenvalue weighted by Crippen LogP contribution is 2.44. The molecule has 0 unspecified atom stereocenters. The maximum absolute atomic E-state index is 13.9. The van der Waals surface area contributed by atoms with E-state index in [4.69, 9.17) is 9.47 Å². The van der Waals surface area contributed by atoms with E-state index in [1.807, 2.05) is 0 Å². The lowest BCUT2D eigenvalue weighted by Crippen LogP contribution is -2.27. The molecular weight excluding hydrogens is 364 g/mol. The summed E-state index contributed by atoms with van der Waals surface area (Å²) in [5.41, 5.74) is 0.397. The van der Waals surface area contributed by atoms with E-state index in [1.165, 1.54) is 38.5 Å². The summed E-state index contributed by atoms with van der Waals surface area (Å²) in [6, 6.07) is 6.00. The number of ether oxygens (including phenoxy) is 2. The second-order valence-electron chi connectivity index (χ2n) is 6.18. The molecule has 0 amide bonds. The van der Waals surface area contributed by atoms with E-state index in [1.54, 1.807) is 13.0 Å². The molecule has 1 N–H and O–H groups in total. The maximum atomic E-state index is 13.9. The smallest absolute Gasteiger partial charge is 0.241 e. The first kappa shape index (κ1) is 18.6. The molecule has 1 aliphatic rings. The van der Waals surface area contributed by atoms with Crippen molar-refractivity contribution in [3.63, 3.8) is 0 Å². The number of methoxy groups -OCH3 is 2. The lowest BCUT2D eigenvalue weighted by molar-refractivity contribution is 0.353. The lowest BCUT2D eigenvalue weighted by Gasteiger charge is -2.14. The molecule has 2 atom stereocenters. The summed E-state index contributed by atoms with van der Waals surface area (Å²) in [6.45, 7) is 1.64. The van der Waals surface area contributed by atoms with Crippen molar-refractivity contribution in [2.24, 2.45) is 0 Å². The molecular formula is C18H19F2NO4S. The van der Waals surface area contributed by atoms with Crippen LogP contribution in [0.1, 0.15) is 23.5 Å². The first-order chi connectivity index (χ1) is 12.3. The van der Waals surface area contributed by atoms with Gasteiger partial charge in [-0.15, -0.1) is 0 Å². The average molecular weight is 383 g/mol. The van der Waals surface area contributed by atoms with Gasteiger partial charge in [0.05, 0.1) is 19.1 Å². The fourth-order valence-corrected chi connectivity index (χ4v) is 4.55. The summed E-state index contributed by atoms with van der Waals surface area (Å²) < 4.78 is 66.0. The molecule has 1 saturated carbocycles. The predicted octanol–water partition coefficient (Wildman–Crippen LogP) is 3.12. The highest BCUT2D eigenvalue weighted by atomic mass is 32.2. The number of aryl methyl sites for hydroxylation is 1. The third-order valence-electron chi connectivity index (χ3n) is 4.44. The molecule has 0 heterocycles. The third kappa shape index (κ3) is 3.39. The normalized spacial score (nSPS) is 19.3. The zero-order valence-electron chi connectivity index (χ0n) is 14.5. The Morgan fingerprint density at radius 2 is 1.65 bits per heavy atom. The first-order valence-corrected chi connectivity index (χ1v) is 9.45. The Hall–Kier alpha value is -2.19. The number of sulfonamides is 1. The predicted molar refractivity (Wildman–Crippen MR) is 92.1 cm³/mol. The van der Waals surface area contributed by atoms with Crippen LogP contribution in [0.15, 0.2) is 35.2 Å². The van der Waals surface area contributed by atoms with Crippen molar-refractivity contribution in [2.75, 3.05) is 14.2 Å². The number of halogens is 2. The van der Waals surface area contributed by atoms with Crippen LogP contribution in [0.2, 0.25) is 0 Å². The monoisotopic (exact) mass is 383 g/mol. The maximum Gasteiger partial charge on any atom is 0.241 e. The van der Waals surface area contributed by atoms with Crippen molar-refractivity contribution in [3.8, 4) is 11.5 Å². The fourth-order valence-electron chi connectivity index (χ4n) is 3.02. The zero-order chi connectivity index (χ0) is 19.1. The average Bonchev–Trinajstić information content (AvgIpc) is 3.31. The van der Waals surface area contributed by atoms with E-state index in [2.05, 4.69) is 4.72 Å². The van der Waals surface area contributed by atoms with Crippen LogP contribution in [0.3, 0.4) is 0 Å². The van der Waals surface area contributed by atoms with Gasteiger partial charge in [-0.3, -0.25) is 0 Å². The number of hydrogen-bond donors (Lipinski definition) is 1. The Morgan fingerprint density at radius 1 is 1.08 bits per heavy atom. The largest absolute Gasteiger partial charge is 0.493 e. The third-order valence-corrected chi connectivity index (χ3v) is 6.07. The van der Waals surface area contributed by atoms with Crippen LogP contribution in [0.5, 0.6) is 11.5 Å². The molecule has 8 heteroatoms. The van der Waals surface area contributed by atoms with Gasteiger partial charge >= 0.3 is 0 Å². The van der Waals surface area contributed by atoms with E-state index < -0.39 is 33.6 Å². The number of benzene rings is 2. The molecule has 1 fully saturated rings. The topological polar surface area (TPSA) is 64.6 Å². The van der Waals surface area contributed by atoms with Crippen molar-refractivity contribution in [1.82, 2.24) is 4.72 Å². The summed E-state index contributed by atoms with van der Waals surface area (Å²) in [6.07, 6.45) is 0.337. The van der Waals surface area contributed by atoms with E-state index >= 15 is 0 Å². The SMILES string of the molecule is COc1cc(C)c(S(=O)(=O)N[C@H]2C[C@H]2c2c(F)cccc2F)cc1OC. The second-order valence-corrected chi connectivity index (χ2v) is 7.86. The molecule has 0 saturated heterocycles. The van der Waals surface area contributed by atoms with Crippen molar-refractivity contribution in [3.05, 3.63) is 53.1 Å². The van der Waals surface area contributed by atoms with E-state index in [0.717, 1.165) is 0 Å². The van der Waals surface area contributed by atoms with Crippen LogP contribution in [0.4, 0.5) is 8.78 Å². The molecule has 0 aliphatic heterocycles. The van der Waals surface area contributed by atoms with Gasteiger partial charge in [-0.25, -0.2) is 21.9 Å². The summed E-state index contributed by atoms with van der Waals surface area (Å²) in [7, 11) is -1.01.